The van der Waals surface area contributed by atoms with Gasteiger partial charge in [0.05, 0.1) is 6.54 Å². The molecular formula is C23H30NO4+. The van der Waals surface area contributed by atoms with Crippen molar-refractivity contribution in [2.75, 3.05) is 13.3 Å². The van der Waals surface area contributed by atoms with Gasteiger partial charge in [-0.25, -0.2) is 0 Å². The third kappa shape index (κ3) is 3.00. The molecule has 0 unspecified atom stereocenters. The summed E-state index contributed by atoms with van der Waals surface area (Å²) in [5.74, 6) is 2.52. The molecule has 2 heterocycles. The molecule has 5 heteroatoms. The van der Waals surface area contributed by atoms with Crippen molar-refractivity contribution >= 4 is 5.97 Å². The van der Waals surface area contributed by atoms with Crippen LogP contribution < -0.4 is 14.8 Å². The van der Waals surface area contributed by atoms with Crippen molar-refractivity contribution in [3.8, 4) is 11.5 Å². The van der Waals surface area contributed by atoms with Crippen molar-refractivity contribution in [1.82, 2.24) is 0 Å². The molecule has 0 bridgehead atoms. The van der Waals surface area contributed by atoms with Crippen LogP contribution in [0.4, 0.5) is 0 Å². The van der Waals surface area contributed by atoms with Crippen LogP contribution in [0.15, 0.2) is 30.4 Å². The molecule has 0 amide bonds. The third-order valence-electron chi connectivity index (χ3n) is 7.56. The van der Waals surface area contributed by atoms with Crippen molar-refractivity contribution in [3.05, 3.63) is 35.9 Å². The number of carbonyl (C=O) groups is 1. The molecule has 1 aromatic rings. The summed E-state index contributed by atoms with van der Waals surface area (Å²) >= 11 is 0. The van der Waals surface area contributed by atoms with E-state index >= 15 is 0 Å². The van der Waals surface area contributed by atoms with E-state index in [1.165, 1.54) is 24.0 Å². The summed E-state index contributed by atoms with van der Waals surface area (Å²) in [4.78, 5) is 12.6. The van der Waals surface area contributed by atoms with E-state index in [-0.39, 0.29) is 23.4 Å². The van der Waals surface area contributed by atoms with Crippen LogP contribution in [0, 0.1) is 23.2 Å². The van der Waals surface area contributed by atoms with Gasteiger partial charge in [0.25, 0.3) is 0 Å². The molecule has 2 N–H and O–H groups in total. The number of hydrogen-bond acceptors (Lipinski definition) is 4. The second-order valence-corrected chi connectivity index (χ2v) is 9.32. The number of hydrogen-bond donors (Lipinski definition) is 1. The molecular weight excluding hydrogens is 354 g/mol. The molecule has 3 fully saturated rings. The maximum absolute atomic E-state index is 12.6. The summed E-state index contributed by atoms with van der Waals surface area (Å²) in [5.41, 5.74) is 2.85. The number of allylic oxidation sites excluding steroid dienone is 1. The van der Waals surface area contributed by atoms with Crippen molar-refractivity contribution in [1.29, 1.82) is 0 Å². The zero-order chi connectivity index (χ0) is 19.3. The van der Waals surface area contributed by atoms with Crippen LogP contribution >= 0.6 is 0 Å². The number of benzene rings is 1. The van der Waals surface area contributed by atoms with Gasteiger partial charge < -0.3 is 19.5 Å². The molecule has 1 aromatic carbocycles. The van der Waals surface area contributed by atoms with E-state index in [2.05, 4.69) is 24.9 Å². The molecule has 4 aliphatic rings. The average molecular weight is 384 g/mol. The zero-order valence-corrected chi connectivity index (χ0v) is 16.6. The number of fused-ring (bicyclic) bond motifs is 3. The van der Waals surface area contributed by atoms with Gasteiger partial charge in [-0.15, -0.1) is 0 Å². The standard InChI is InChI=1S/C23H29NO4/c1-14-4-3-7-23(2)10-21-16(9-18(14)23)17(22(25)28-21)12-24-11-15-5-6-19-20(8-15)27-13-26-19/h5-6,8,16-18,21,24H,1,3-4,7,9-13H2,2H3/p+1/t16-,17-,18+,21-,23-/m1/s1. The predicted molar refractivity (Wildman–Crippen MR) is 104 cm³/mol. The Kier molecular flexibility index (Phi) is 4.38. The second kappa shape index (κ2) is 6.80. The van der Waals surface area contributed by atoms with Crippen LogP contribution in [-0.2, 0) is 16.1 Å². The smallest absolute Gasteiger partial charge is 0.315 e. The Hall–Kier alpha value is -2.01. The van der Waals surface area contributed by atoms with Gasteiger partial charge in [-0.05, 0) is 61.6 Å². The fraction of sp³-hybridized carbons (Fsp3) is 0.609. The first-order valence-corrected chi connectivity index (χ1v) is 10.6. The number of rotatable bonds is 4. The Morgan fingerprint density at radius 1 is 1.29 bits per heavy atom. The van der Waals surface area contributed by atoms with E-state index in [4.69, 9.17) is 14.2 Å². The summed E-state index contributed by atoms with van der Waals surface area (Å²) in [7, 11) is 0. The van der Waals surface area contributed by atoms with Crippen LogP contribution in [0.3, 0.4) is 0 Å². The molecule has 2 aliphatic carbocycles. The Bertz CT molecular complexity index is 806. The highest BCUT2D eigenvalue weighted by atomic mass is 16.7. The zero-order valence-electron chi connectivity index (χ0n) is 16.6. The lowest BCUT2D eigenvalue weighted by molar-refractivity contribution is -0.675. The first-order valence-electron chi connectivity index (χ1n) is 10.6. The van der Waals surface area contributed by atoms with Crippen molar-refractivity contribution in [2.45, 2.75) is 51.7 Å². The first-order chi connectivity index (χ1) is 13.5. The van der Waals surface area contributed by atoms with E-state index in [0.717, 1.165) is 43.9 Å². The van der Waals surface area contributed by atoms with E-state index in [9.17, 15) is 4.79 Å². The average Bonchev–Trinajstić information content (AvgIpc) is 3.24. The Morgan fingerprint density at radius 3 is 3.04 bits per heavy atom. The summed E-state index contributed by atoms with van der Waals surface area (Å²) in [5, 5.41) is 2.23. The van der Waals surface area contributed by atoms with Gasteiger partial charge in [0.15, 0.2) is 11.5 Å². The van der Waals surface area contributed by atoms with E-state index < -0.39 is 0 Å². The quantitative estimate of drug-likeness (QED) is 0.641. The largest absolute Gasteiger partial charge is 0.462 e. The monoisotopic (exact) mass is 384 g/mol. The molecule has 5 rings (SSSR count). The molecule has 28 heavy (non-hydrogen) atoms. The Balaban J connectivity index is 1.23. The van der Waals surface area contributed by atoms with Crippen LogP contribution in [0.25, 0.3) is 0 Å². The van der Waals surface area contributed by atoms with Crippen LogP contribution in [0.1, 0.15) is 44.6 Å². The molecule has 0 spiro atoms. The highest BCUT2D eigenvalue weighted by Crippen LogP contribution is 2.56. The Labute approximate surface area is 166 Å². The topological polar surface area (TPSA) is 61.4 Å². The molecule has 0 aromatic heterocycles. The van der Waals surface area contributed by atoms with E-state index in [1.54, 1.807) is 0 Å². The maximum atomic E-state index is 12.6. The lowest BCUT2D eigenvalue weighted by Crippen LogP contribution is -2.84. The fourth-order valence-corrected chi connectivity index (χ4v) is 6.02. The van der Waals surface area contributed by atoms with Crippen molar-refractivity contribution < 1.29 is 24.3 Å². The lowest BCUT2D eigenvalue weighted by Gasteiger charge is -2.49. The summed E-state index contributed by atoms with van der Waals surface area (Å²) in [6, 6.07) is 6.06. The van der Waals surface area contributed by atoms with Gasteiger partial charge in [-0.2, -0.15) is 0 Å². The predicted octanol–water partition coefficient (Wildman–Crippen LogP) is 2.79. The van der Waals surface area contributed by atoms with Crippen LogP contribution in [-0.4, -0.2) is 25.4 Å². The van der Waals surface area contributed by atoms with Gasteiger partial charge in [0, 0.05) is 11.5 Å². The molecule has 150 valence electrons. The van der Waals surface area contributed by atoms with Crippen molar-refractivity contribution in [3.63, 3.8) is 0 Å². The minimum atomic E-state index is -0.00159. The van der Waals surface area contributed by atoms with Gasteiger partial charge in [-0.1, -0.05) is 19.1 Å². The minimum Gasteiger partial charge on any atom is -0.462 e. The van der Waals surface area contributed by atoms with Crippen LogP contribution in [0.5, 0.6) is 11.5 Å². The van der Waals surface area contributed by atoms with Gasteiger partial charge >= 0.3 is 5.97 Å². The lowest BCUT2D eigenvalue weighted by atomic mass is 9.55. The Morgan fingerprint density at radius 2 is 2.14 bits per heavy atom. The highest BCUT2D eigenvalue weighted by molar-refractivity contribution is 5.75. The highest BCUT2D eigenvalue weighted by Gasteiger charge is 2.55. The van der Waals surface area contributed by atoms with Gasteiger partial charge in [0.1, 0.15) is 18.6 Å². The van der Waals surface area contributed by atoms with E-state index in [1.807, 2.05) is 12.1 Å². The fourth-order valence-electron chi connectivity index (χ4n) is 6.02. The number of nitrogens with two attached hydrogens (primary N) is 1. The summed E-state index contributed by atoms with van der Waals surface area (Å²) in [6.07, 6.45) is 5.78. The SMILES string of the molecule is C=C1CCC[C@]2(C)C[C@H]3OC(=O)[C@H](C[NH2+]Cc4ccc5c(c4)OCO5)[C@H]3C[C@@H]12. The van der Waals surface area contributed by atoms with Crippen molar-refractivity contribution in [2.24, 2.45) is 23.2 Å². The van der Waals surface area contributed by atoms with Crippen LogP contribution in [0.2, 0.25) is 0 Å². The molecule has 0 radical (unpaired) electrons. The summed E-state index contributed by atoms with van der Waals surface area (Å²) < 4.78 is 16.7. The molecule has 5 nitrogen and oxygen atoms in total. The number of esters is 1. The number of ether oxygens (including phenoxy) is 3. The molecule has 1 saturated heterocycles. The first kappa shape index (κ1) is 18.0. The number of carbonyl (C=O) groups excluding carboxylic acids is 1. The maximum Gasteiger partial charge on any atom is 0.315 e. The van der Waals surface area contributed by atoms with E-state index in [0.29, 0.717) is 18.6 Å². The third-order valence-corrected chi connectivity index (χ3v) is 7.56. The van der Waals surface area contributed by atoms with Gasteiger partial charge in [0.2, 0.25) is 6.79 Å². The minimum absolute atomic E-state index is 0.00159. The molecule has 2 saturated carbocycles. The summed E-state index contributed by atoms with van der Waals surface area (Å²) in [6.45, 7) is 8.66. The normalized spacial score (nSPS) is 36.0. The number of quaternary nitrogens is 1. The molecule has 5 atom stereocenters. The molecule has 2 aliphatic heterocycles. The van der Waals surface area contributed by atoms with Gasteiger partial charge in [-0.3, -0.25) is 4.79 Å². The second-order valence-electron chi connectivity index (χ2n) is 9.32.